The minimum atomic E-state index is -0.274. The highest BCUT2D eigenvalue weighted by atomic mass is 19.1. The third-order valence-electron chi connectivity index (χ3n) is 2.74. The summed E-state index contributed by atoms with van der Waals surface area (Å²) in [4.78, 5) is 11.7. The molecule has 17 heavy (non-hydrogen) atoms. The smallest absolute Gasteiger partial charge is 0.251 e. The van der Waals surface area contributed by atoms with Gasteiger partial charge in [-0.25, -0.2) is 4.39 Å². The first-order chi connectivity index (χ1) is 8.15. The second-order valence-corrected chi connectivity index (χ2v) is 4.28. The number of nitrogens with one attached hydrogen (secondary N) is 1. The first-order valence-corrected chi connectivity index (χ1v) is 6.19. The lowest BCUT2D eigenvalue weighted by atomic mass is 10.1. The third kappa shape index (κ3) is 4.55. The number of carbonyl (C=O) groups is 1. The van der Waals surface area contributed by atoms with Crippen molar-refractivity contribution in [1.82, 2.24) is 5.32 Å². The Bertz CT molecular complexity index is 376. The molecule has 1 N–H and O–H groups in total. The molecule has 94 valence electrons. The van der Waals surface area contributed by atoms with E-state index in [0.29, 0.717) is 17.7 Å². The van der Waals surface area contributed by atoms with Crippen molar-refractivity contribution >= 4 is 5.91 Å². The molecule has 0 bridgehead atoms. The Labute approximate surface area is 102 Å². The van der Waals surface area contributed by atoms with Crippen LogP contribution in [0.25, 0.3) is 0 Å². The maximum Gasteiger partial charge on any atom is 0.251 e. The summed E-state index contributed by atoms with van der Waals surface area (Å²) in [6, 6.07) is 4.43. The van der Waals surface area contributed by atoms with Gasteiger partial charge in [-0.3, -0.25) is 4.79 Å². The van der Waals surface area contributed by atoms with Gasteiger partial charge < -0.3 is 5.32 Å². The summed E-state index contributed by atoms with van der Waals surface area (Å²) in [7, 11) is 0. The molecule has 0 aliphatic rings. The standard InChI is InChI=1S/C14H20FNO/c1-3-4-5-6-9-16-14(17)12-7-8-13(15)11(2)10-12/h7-8,10H,3-6,9H2,1-2H3,(H,16,17). The van der Waals surface area contributed by atoms with Crippen LogP contribution in [0.5, 0.6) is 0 Å². The molecular weight excluding hydrogens is 217 g/mol. The molecule has 0 fully saturated rings. The third-order valence-corrected chi connectivity index (χ3v) is 2.74. The van der Waals surface area contributed by atoms with Crippen molar-refractivity contribution in [2.24, 2.45) is 0 Å². The molecular formula is C14H20FNO. The minimum absolute atomic E-state index is 0.121. The van der Waals surface area contributed by atoms with Crippen molar-refractivity contribution in [1.29, 1.82) is 0 Å². The van der Waals surface area contributed by atoms with Gasteiger partial charge in [-0.15, -0.1) is 0 Å². The van der Waals surface area contributed by atoms with Gasteiger partial charge in [-0.1, -0.05) is 26.2 Å². The predicted octanol–water partition coefficient (Wildman–Crippen LogP) is 3.44. The summed E-state index contributed by atoms with van der Waals surface area (Å²) in [6.07, 6.45) is 4.52. The van der Waals surface area contributed by atoms with Gasteiger partial charge in [0.25, 0.3) is 5.91 Å². The number of hydrogen-bond donors (Lipinski definition) is 1. The van der Waals surface area contributed by atoms with Gasteiger partial charge in [0, 0.05) is 12.1 Å². The first-order valence-electron chi connectivity index (χ1n) is 6.19. The molecule has 1 amide bonds. The lowest BCUT2D eigenvalue weighted by Crippen LogP contribution is -2.24. The summed E-state index contributed by atoms with van der Waals surface area (Å²) in [6.45, 7) is 4.50. The van der Waals surface area contributed by atoms with Crippen molar-refractivity contribution in [3.05, 3.63) is 35.1 Å². The Hall–Kier alpha value is -1.38. The SMILES string of the molecule is CCCCCCNC(=O)c1ccc(F)c(C)c1. The monoisotopic (exact) mass is 237 g/mol. The largest absolute Gasteiger partial charge is 0.352 e. The lowest BCUT2D eigenvalue weighted by Gasteiger charge is -2.06. The van der Waals surface area contributed by atoms with Crippen molar-refractivity contribution in [3.63, 3.8) is 0 Å². The molecule has 2 nitrogen and oxygen atoms in total. The predicted molar refractivity (Wildman–Crippen MR) is 67.6 cm³/mol. The van der Waals surface area contributed by atoms with Crippen molar-refractivity contribution in [2.75, 3.05) is 6.54 Å². The molecule has 3 heteroatoms. The fraction of sp³-hybridized carbons (Fsp3) is 0.500. The zero-order valence-corrected chi connectivity index (χ0v) is 10.6. The van der Waals surface area contributed by atoms with E-state index in [2.05, 4.69) is 12.2 Å². The molecule has 1 aromatic carbocycles. The van der Waals surface area contributed by atoms with Crippen LogP contribution in [0.2, 0.25) is 0 Å². The van der Waals surface area contributed by atoms with E-state index < -0.39 is 0 Å². The number of halogens is 1. The molecule has 0 saturated heterocycles. The van der Waals surface area contributed by atoms with Crippen LogP contribution < -0.4 is 5.32 Å². The van der Waals surface area contributed by atoms with E-state index in [9.17, 15) is 9.18 Å². The highest BCUT2D eigenvalue weighted by molar-refractivity contribution is 5.94. The zero-order chi connectivity index (χ0) is 12.7. The number of carbonyl (C=O) groups excluding carboxylic acids is 1. The fourth-order valence-corrected chi connectivity index (χ4v) is 1.64. The van der Waals surface area contributed by atoms with Gasteiger partial charge in [-0.05, 0) is 37.1 Å². The summed E-state index contributed by atoms with van der Waals surface area (Å²) in [5, 5.41) is 2.84. The van der Waals surface area contributed by atoms with Gasteiger partial charge in [0.1, 0.15) is 5.82 Å². The molecule has 0 heterocycles. The Morgan fingerprint density at radius 2 is 2.06 bits per heavy atom. The van der Waals surface area contributed by atoms with Crippen molar-refractivity contribution in [2.45, 2.75) is 39.5 Å². The Balaban J connectivity index is 2.39. The van der Waals surface area contributed by atoms with Crippen LogP contribution in [0, 0.1) is 12.7 Å². The first kappa shape index (κ1) is 13.7. The maximum atomic E-state index is 13.0. The van der Waals surface area contributed by atoms with Crippen LogP contribution in [0.15, 0.2) is 18.2 Å². The number of amides is 1. The lowest BCUT2D eigenvalue weighted by molar-refractivity contribution is 0.0953. The van der Waals surface area contributed by atoms with Crippen LogP contribution in [-0.2, 0) is 0 Å². The van der Waals surface area contributed by atoms with E-state index >= 15 is 0 Å². The van der Waals surface area contributed by atoms with Crippen LogP contribution in [0.1, 0.15) is 48.5 Å². The molecule has 0 unspecified atom stereocenters. The molecule has 1 aromatic rings. The Morgan fingerprint density at radius 1 is 1.29 bits per heavy atom. The normalized spacial score (nSPS) is 10.3. The van der Waals surface area contributed by atoms with Crippen LogP contribution >= 0.6 is 0 Å². The average Bonchev–Trinajstić information content (AvgIpc) is 2.32. The quantitative estimate of drug-likeness (QED) is 0.754. The summed E-state index contributed by atoms with van der Waals surface area (Å²) >= 11 is 0. The van der Waals surface area contributed by atoms with E-state index in [1.165, 1.54) is 25.0 Å². The van der Waals surface area contributed by atoms with Gasteiger partial charge in [0.15, 0.2) is 0 Å². The summed E-state index contributed by atoms with van der Waals surface area (Å²) < 4.78 is 13.0. The molecule has 0 saturated carbocycles. The average molecular weight is 237 g/mol. The van der Waals surface area contributed by atoms with Crippen molar-refractivity contribution < 1.29 is 9.18 Å². The van der Waals surface area contributed by atoms with E-state index in [1.807, 2.05) is 0 Å². The minimum Gasteiger partial charge on any atom is -0.352 e. The van der Waals surface area contributed by atoms with E-state index in [0.717, 1.165) is 12.8 Å². The Kier molecular flexibility index (Phi) is 5.67. The van der Waals surface area contributed by atoms with Gasteiger partial charge >= 0.3 is 0 Å². The summed E-state index contributed by atoms with van der Waals surface area (Å²) in [5.74, 6) is -0.394. The van der Waals surface area contributed by atoms with Crippen LogP contribution in [0.4, 0.5) is 4.39 Å². The molecule has 0 aromatic heterocycles. The number of hydrogen-bond acceptors (Lipinski definition) is 1. The number of unbranched alkanes of at least 4 members (excludes halogenated alkanes) is 3. The second-order valence-electron chi connectivity index (χ2n) is 4.28. The number of aryl methyl sites for hydroxylation is 1. The van der Waals surface area contributed by atoms with Gasteiger partial charge in [-0.2, -0.15) is 0 Å². The van der Waals surface area contributed by atoms with Crippen molar-refractivity contribution in [3.8, 4) is 0 Å². The highest BCUT2D eigenvalue weighted by Crippen LogP contribution is 2.09. The molecule has 0 radical (unpaired) electrons. The van der Waals surface area contributed by atoms with E-state index in [4.69, 9.17) is 0 Å². The number of rotatable bonds is 6. The van der Waals surface area contributed by atoms with E-state index in [1.54, 1.807) is 13.0 Å². The molecule has 0 atom stereocenters. The number of benzene rings is 1. The molecule has 0 spiro atoms. The van der Waals surface area contributed by atoms with E-state index in [-0.39, 0.29) is 11.7 Å². The van der Waals surface area contributed by atoms with Crippen LogP contribution in [-0.4, -0.2) is 12.5 Å². The summed E-state index contributed by atoms with van der Waals surface area (Å²) in [5.41, 5.74) is 1.03. The molecule has 0 aliphatic heterocycles. The second kappa shape index (κ2) is 7.05. The van der Waals surface area contributed by atoms with Gasteiger partial charge in [0.2, 0.25) is 0 Å². The topological polar surface area (TPSA) is 29.1 Å². The molecule has 0 aliphatic carbocycles. The molecule has 1 rings (SSSR count). The van der Waals surface area contributed by atoms with Crippen LogP contribution in [0.3, 0.4) is 0 Å². The zero-order valence-electron chi connectivity index (χ0n) is 10.6. The Morgan fingerprint density at radius 3 is 2.71 bits per heavy atom. The highest BCUT2D eigenvalue weighted by Gasteiger charge is 2.06. The maximum absolute atomic E-state index is 13.0. The fourth-order valence-electron chi connectivity index (χ4n) is 1.64. The van der Waals surface area contributed by atoms with Gasteiger partial charge in [0.05, 0.1) is 0 Å².